The summed E-state index contributed by atoms with van der Waals surface area (Å²) in [5, 5.41) is 0. The van der Waals surface area contributed by atoms with Crippen molar-refractivity contribution in [1.82, 2.24) is 4.90 Å². The molecular weight excluding hydrogens is 398 g/mol. The highest BCUT2D eigenvalue weighted by Crippen LogP contribution is 2.23. The first kappa shape index (κ1) is 22.2. The summed E-state index contributed by atoms with van der Waals surface area (Å²) in [7, 11) is -3.80. The van der Waals surface area contributed by atoms with Crippen molar-refractivity contribution in [2.75, 3.05) is 17.8 Å². The minimum absolute atomic E-state index is 0. The molecule has 0 radical (unpaired) electrons. The lowest BCUT2D eigenvalue weighted by Crippen LogP contribution is -2.45. The Morgan fingerprint density at radius 1 is 1.14 bits per heavy atom. The number of nitrogens with zero attached hydrogens (tertiary/aromatic N) is 1. The molecule has 8 heteroatoms. The Labute approximate surface area is 172 Å². The van der Waals surface area contributed by atoms with Gasteiger partial charge in [-0.2, -0.15) is 0 Å². The number of nitrogens with one attached hydrogen (secondary N) is 1. The van der Waals surface area contributed by atoms with Crippen molar-refractivity contribution >= 4 is 34.0 Å². The number of nitrogens with two attached hydrogens (primary N) is 1. The number of rotatable bonds is 4. The molecule has 1 fully saturated rings. The van der Waals surface area contributed by atoms with E-state index in [1.54, 1.807) is 23.1 Å². The minimum atomic E-state index is -3.80. The Balaban J connectivity index is 0.00000280. The van der Waals surface area contributed by atoms with Crippen LogP contribution in [0.1, 0.15) is 34.3 Å². The zero-order valence-corrected chi connectivity index (χ0v) is 17.6. The lowest BCUT2D eigenvalue weighted by molar-refractivity contribution is 0.0708. The number of benzene rings is 2. The molecule has 1 saturated heterocycles. The number of halogens is 1. The Kier molecular flexibility index (Phi) is 7.09. The van der Waals surface area contributed by atoms with E-state index in [0.717, 1.165) is 24.0 Å². The van der Waals surface area contributed by atoms with Crippen molar-refractivity contribution in [3.8, 4) is 0 Å². The van der Waals surface area contributed by atoms with Crippen molar-refractivity contribution < 1.29 is 13.2 Å². The second-order valence-corrected chi connectivity index (χ2v) is 8.73. The maximum atomic E-state index is 12.9. The van der Waals surface area contributed by atoms with E-state index >= 15 is 0 Å². The molecule has 1 aliphatic heterocycles. The van der Waals surface area contributed by atoms with Gasteiger partial charge in [0.15, 0.2) is 0 Å². The van der Waals surface area contributed by atoms with Gasteiger partial charge in [-0.3, -0.25) is 9.52 Å². The number of carbonyl (C=O) groups excluding carboxylic acids is 1. The molecule has 1 atom stereocenters. The normalized spacial score (nSPS) is 17.0. The third kappa shape index (κ3) is 4.84. The van der Waals surface area contributed by atoms with Crippen LogP contribution in [-0.4, -0.2) is 38.4 Å². The Morgan fingerprint density at radius 2 is 1.86 bits per heavy atom. The van der Waals surface area contributed by atoms with Gasteiger partial charge >= 0.3 is 0 Å². The monoisotopic (exact) mass is 423 g/mol. The van der Waals surface area contributed by atoms with Gasteiger partial charge in [0.05, 0.1) is 10.6 Å². The molecule has 0 aliphatic carbocycles. The van der Waals surface area contributed by atoms with E-state index in [4.69, 9.17) is 5.73 Å². The predicted octanol–water partition coefficient (Wildman–Crippen LogP) is 3.09. The summed E-state index contributed by atoms with van der Waals surface area (Å²) in [6.07, 6.45) is 1.76. The summed E-state index contributed by atoms with van der Waals surface area (Å²) in [4.78, 5) is 14.7. The number of para-hydroxylation sites is 1. The molecule has 1 aliphatic rings. The van der Waals surface area contributed by atoms with E-state index in [1.807, 2.05) is 26.0 Å². The van der Waals surface area contributed by atoms with Gasteiger partial charge in [0.2, 0.25) is 0 Å². The van der Waals surface area contributed by atoms with Gasteiger partial charge < -0.3 is 10.6 Å². The van der Waals surface area contributed by atoms with E-state index in [0.29, 0.717) is 24.3 Å². The molecule has 0 spiro atoms. The van der Waals surface area contributed by atoms with Crippen LogP contribution < -0.4 is 10.5 Å². The maximum absolute atomic E-state index is 12.9. The topological polar surface area (TPSA) is 92.5 Å². The minimum Gasteiger partial charge on any atom is -0.337 e. The van der Waals surface area contributed by atoms with E-state index in [1.165, 1.54) is 12.1 Å². The number of hydrogen-bond acceptors (Lipinski definition) is 4. The zero-order chi connectivity index (χ0) is 19.6. The van der Waals surface area contributed by atoms with Crippen molar-refractivity contribution in [2.45, 2.75) is 37.6 Å². The van der Waals surface area contributed by atoms with Gasteiger partial charge in [-0.05, 0) is 56.0 Å². The Hall–Kier alpha value is -2.09. The summed E-state index contributed by atoms with van der Waals surface area (Å²) < 4.78 is 28.2. The number of aryl methyl sites for hydroxylation is 2. The molecular formula is C20H26ClN3O3S. The molecule has 0 saturated carbocycles. The third-order valence-electron chi connectivity index (χ3n) is 4.88. The standard InChI is InChI=1S/C20H25N3O3S.ClH/c1-14-9-10-17(27(25,26)22-19-8-4-3-6-15(19)2)12-18(14)20(24)23-11-5-7-16(21)13-23;/h3-4,6,8-10,12,16,22H,5,7,11,13,21H2,1-2H3;1H. The first-order chi connectivity index (χ1) is 12.8. The number of sulfonamides is 1. The van der Waals surface area contributed by atoms with Crippen LogP contribution in [0.5, 0.6) is 0 Å². The Morgan fingerprint density at radius 3 is 2.54 bits per heavy atom. The van der Waals surface area contributed by atoms with Gasteiger partial charge in [-0.1, -0.05) is 24.3 Å². The molecule has 152 valence electrons. The van der Waals surface area contributed by atoms with Gasteiger partial charge in [0.1, 0.15) is 0 Å². The van der Waals surface area contributed by atoms with Crippen LogP contribution >= 0.6 is 12.4 Å². The average molecular weight is 424 g/mol. The summed E-state index contributed by atoms with van der Waals surface area (Å²) in [6, 6.07) is 11.8. The fraction of sp³-hybridized carbons (Fsp3) is 0.350. The van der Waals surface area contributed by atoms with Crippen LogP contribution in [0.15, 0.2) is 47.4 Å². The first-order valence-electron chi connectivity index (χ1n) is 9.02. The molecule has 28 heavy (non-hydrogen) atoms. The summed E-state index contributed by atoms with van der Waals surface area (Å²) >= 11 is 0. The van der Waals surface area contributed by atoms with Crippen molar-refractivity contribution in [3.05, 3.63) is 59.2 Å². The van der Waals surface area contributed by atoms with Crippen LogP contribution in [0.4, 0.5) is 5.69 Å². The van der Waals surface area contributed by atoms with Crippen LogP contribution in [0.2, 0.25) is 0 Å². The SMILES string of the molecule is Cc1ccccc1NS(=O)(=O)c1ccc(C)c(C(=O)N2CCCC(N)C2)c1.Cl. The van der Waals surface area contributed by atoms with Gasteiger partial charge in [0, 0.05) is 24.7 Å². The fourth-order valence-electron chi connectivity index (χ4n) is 3.25. The van der Waals surface area contributed by atoms with Crippen molar-refractivity contribution in [1.29, 1.82) is 0 Å². The molecule has 1 heterocycles. The summed E-state index contributed by atoms with van der Waals surface area (Å²) in [6.45, 7) is 4.78. The van der Waals surface area contributed by atoms with Crippen LogP contribution in [0.25, 0.3) is 0 Å². The Bertz CT molecular complexity index is 963. The van der Waals surface area contributed by atoms with Crippen LogP contribution in [0.3, 0.4) is 0 Å². The predicted molar refractivity (Wildman–Crippen MR) is 114 cm³/mol. The van der Waals surface area contributed by atoms with E-state index < -0.39 is 10.0 Å². The quantitative estimate of drug-likeness (QED) is 0.790. The number of likely N-dealkylation sites (tertiary alicyclic amines) is 1. The maximum Gasteiger partial charge on any atom is 0.261 e. The third-order valence-corrected chi connectivity index (χ3v) is 6.25. The van der Waals surface area contributed by atoms with E-state index in [9.17, 15) is 13.2 Å². The van der Waals surface area contributed by atoms with Gasteiger partial charge in [-0.15, -0.1) is 12.4 Å². The molecule has 2 aromatic rings. The second kappa shape index (κ2) is 8.94. The molecule has 2 aromatic carbocycles. The van der Waals surface area contributed by atoms with Crippen LogP contribution in [0, 0.1) is 13.8 Å². The highest BCUT2D eigenvalue weighted by atomic mass is 35.5. The first-order valence-corrected chi connectivity index (χ1v) is 10.5. The largest absolute Gasteiger partial charge is 0.337 e. The molecule has 6 nitrogen and oxygen atoms in total. The number of piperidine rings is 1. The number of anilines is 1. The molecule has 3 N–H and O–H groups in total. The lowest BCUT2D eigenvalue weighted by Gasteiger charge is -2.31. The highest BCUT2D eigenvalue weighted by Gasteiger charge is 2.25. The van der Waals surface area contributed by atoms with E-state index in [-0.39, 0.29) is 29.3 Å². The number of carbonyl (C=O) groups is 1. The second-order valence-electron chi connectivity index (χ2n) is 7.05. The number of hydrogen-bond donors (Lipinski definition) is 2. The molecule has 0 aromatic heterocycles. The lowest BCUT2D eigenvalue weighted by atomic mass is 10.0. The van der Waals surface area contributed by atoms with Gasteiger partial charge in [0.25, 0.3) is 15.9 Å². The van der Waals surface area contributed by atoms with Crippen LogP contribution in [-0.2, 0) is 10.0 Å². The summed E-state index contributed by atoms with van der Waals surface area (Å²) in [5.74, 6) is -0.171. The van der Waals surface area contributed by atoms with E-state index in [2.05, 4.69) is 4.72 Å². The summed E-state index contributed by atoms with van der Waals surface area (Å²) in [5.41, 5.74) is 8.47. The molecule has 1 unspecified atom stereocenters. The zero-order valence-electron chi connectivity index (χ0n) is 16.0. The average Bonchev–Trinajstić information content (AvgIpc) is 2.63. The molecule has 3 rings (SSSR count). The van der Waals surface area contributed by atoms with Gasteiger partial charge in [-0.25, -0.2) is 8.42 Å². The van der Waals surface area contributed by atoms with Crippen molar-refractivity contribution in [3.63, 3.8) is 0 Å². The van der Waals surface area contributed by atoms with Crippen molar-refractivity contribution in [2.24, 2.45) is 5.73 Å². The fourth-order valence-corrected chi connectivity index (χ4v) is 4.41. The molecule has 1 amide bonds. The molecule has 0 bridgehead atoms. The smallest absolute Gasteiger partial charge is 0.261 e. The number of amides is 1. The highest BCUT2D eigenvalue weighted by molar-refractivity contribution is 7.92.